The highest BCUT2D eigenvalue weighted by Crippen LogP contribution is 2.23. The van der Waals surface area contributed by atoms with Gasteiger partial charge in [0.2, 0.25) is 5.91 Å². The minimum atomic E-state index is -1.32. The maximum Gasteiger partial charge on any atom is 0.216 e. The molecule has 6 nitrogen and oxygen atoms in total. The lowest BCUT2D eigenvalue weighted by molar-refractivity contribution is -0.121. The zero-order valence-electron chi connectivity index (χ0n) is 11.2. The van der Waals surface area contributed by atoms with Gasteiger partial charge in [0.1, 0.15) is 5.60 Å². The number of nitrogens with zero attached hydrogens (tertiary/aromatic N) is 2. The molecule has 20 heavy (non-hydrogen) atoms. The number of pyridine rings is 1. The molecule has 2 heterocycles. The highest BCUT2D eigenvalue weighted by atomic mass is 35.5. The number of nitrogens with one attached hydrogen (secondary N) is 1. The molecule has 1 aliphatic rings. The molecule has 1 fully saturated rings. The summed E-state index contributed by atoms with van der Waals surface area (Å²) in [5, 5.41) is 23.4. The number of aliphatic hydroxyl groups is 2. The summed E-state index contributed by atoms with van der Waals surface area (Å²) in [6.45, 7) is 2.53. The van der Waals surface area contributed by atoms with Crippen LogP contribution >= 0.6 is 11.6 Å². The van der Waals surface area contributed by atoms with Crippen molar-refractivity contribution >= 4 is 17.5 Å². The number of β-amino-alcohol motifs (C(OH)–C–C–N with tert-alkyl or cyclic N) is 2. The van der Waals surface area contributed by atoms with E-state index >= 15 is 0 Å². The molecule has 7 heteroatoms. The van der Waals surface area contributed by atoms with Crippen molar-refractivity contribution in [3.05, 3.63) is 29.0 Å². The third kappa shape index (κ3) is 3.67. The van der Waals surface area contributed by atoms with Gasteiger partial charge in [-0.05, 0) is 12.1 Å². The molecule has 0 aromatic carbocycles. The van der Waals surface area contributed by atoms with Gasteiger partial charge in [-0.15, -0.1) is 0 Å². The highest BCUT2D eigenvalue weighted by Gasteiger charge is 2.44. The third-order valence-corrected chi connectivity index (χ3v) is 3.59. The fourth-order valence-corrected chi connectivity index (χ4v) is 2.38. The molecule has 0 spiro atoms. The van der Waals surface area contributed by atoms with Crippen LogP contribution in [0.3, 0.4) is 0 Å². The lowest BCUT2D eigenvalue weighted by atomic mass is 10.0. The van der Waals surface area contributed by atoms with Gasteiger partial charge in [0, 0.05) is 32.8 Å². The Morgan fingerprint density at radius 1 is 1.65 bits per heavy atom. The fraction of sp³-hybridized carbons (Fsp3) is 0.538. The summed E-state index contributed by atoms with van der Waals surface area (Å²) in [7, 11) is 0. The zero-order valence-corrected chi connectivity index (χ0v) is 12.0. The Kier molecular flexibility index (Phi) is 4.59. The first-order valence-electron chi connectivity index (χ1n) is 6.37. The van der Waals surface area contributed by atoms with Gasteiger partial charge in [0.15, 0.2) is 0 Å². The molecule has 0 saturated carbocycles. The molecule has 0 bridgehead atoms. The number of carbonyl (C=O) groups excluding carboxylic acids is 1. The van der Waals surface area contributed by atoms with Crippen LogP contribution < -0.4 is 5.32 Å². The Morgan fingerprint density at radius 2 is 2.40 bits per heavy atom. The maximum absolute atomic E-state index is 10.9. The van der Waals surface area contributed by atoms with Crippen LogP contribution in [0.1, 0.15) is 12.6 Å². The van der Waals surface area contributed by atoms with E-state index in [1.807, 2.05) is 4.90 Å². The molecule has 3 N–H and O–H groups in total. The Balaban J connectivity index is 1.95. The third-order valence-electron chi connectivity index (χ3n) is 3.37. The van der Waals surface area contributed by atoms with Crippen LogP contribution in [-0.4, -0.2) is 57.3 Å². The van der Waals surface area contributed by atoms with E-state index in [9.17, 15) is 15.0 Å². The van der Waals surface area contributed by atoms with Gasteiger partial charge in [0.25, 0.3) is 0 Å². The molecule has 0 aliphatic carbocycles. The Morgan fingerprint density at radius 3 is 3.00 bits per heavy atom. The smallest absolute Gasteiger partial charge is 0.216 e. The average molecular weight is 300 g/mol. The Hall–Kier alpha value is -1.21. The lowest BCUT2D eigenvalue weighted by Crippen LogP contribution is -2.50. The molecule has 2 rings (SSSR count). The fourth-order valence-electron chi connectivity index (χ4n) is 2.27. The van der Waals surface area contributed by atoms with E-state index in [0.717, 1.165) is 5.69 Å². The standard InChI is InChI=1S/C13H18ClN3O3/c1-9(18)16-7-13(20)8-17(6-12(13)19)5-11-3-2-10(14)4-15-11/h2-4,12,19-20H,5-8H2,1H3,(H,16,18)/t12-,13+/m1/s1. The molecule has 1 aromatic rings. The van der Waals surface area contributed by atoms with Gasteiger partial charge in [-0.1, -0.05) is 11.6 Å². The number of hydrogen-bond acceptors (Lipinski definition) is 5. The second kappa shape index (κ2) is 6.05. The molecule has 0 unspecified atom stereocenters. The first-order chi connectivity index (χ1) is 9.39. The maximum atomic E-state index is 10.9. The van der Waals surface area contributed by atoms with Crippen LogP contribution in [0.4, 0.5) is 0 Å². The predicted octanol–water partition coefficient (Wildman–Crippen LogP) is -0.221. The summed E-state index contributed by atoms with van der Waals surface area (Å²) in [6, 6.07) is 3.56. The molecule has 110 valence electrons. The van der Waals surface area contributed by atoms with Gasteiger partial charge in [-0.25, -0.2) is 0 Å². The number of rotatable bonds is 4. The molecular weight excluding hydrogens is 282 g/mol. The second-order valence-electron chi connectivity index (χ2n) is 5.17. The summed E-state index contributed by atoms with van der Waals surface area (Å²) in [4.78, 5) is 17.0. The first-order valence-corrected chi connectivity index (χ1v) is 6.74. The Bertz CT molecular complexity index is 482. The van der Waals surface area contributed by atoms with E-state index in [2.05, 4.69) is 10.3 Å². The predicted molar refractivity (Wildman–Crippen MR) is 74.2 cm³/mol. The number of aliphatic hydroxyl groups excluding tert-OH is 1. The molecule has 0 radical (unpaired) electrons. The summed E-state index contributed by atoms with van der Waals surface area (Å²) in [5.41, 5.74) is -0.511. The number of aromatic nitrogens is 1. The van der Waals surface area contributed by atoms with Gasteiger partial charge in [-0.2, -0.15) is 0 Å². The van der Waals surface area contributed by atoms with E-state index in [1.54, 1.807) is 18.3 Å². The number of likely N-dealkylation sites (tertiary alicyclic amines) is 1. The van der Waals surface area contributed by atoms with Gasteiger partial charge < -0.3 is 15.5 Å². The first kappa shape index (κ1) is 15.2. The van der Waals surface area contributed by atoms with Crippen molar-refractivity contribution in [1.82, 2.24) is 15.2 Å². The van der Waals surface area contributed by atoms with Gasteiger partial charge in [0.05, 0.1) is 23.4 Å². The SMILES string of the molecule is CC(=O)NC[C@]1(O)CN(Cc2ccc(Cl)cn2)C[C@H]1O. The molecule has 1 amide bonds. The molecule has 1 aliphatic heterocycles. The van der Waals surface area contributed by atoms with Crippen LogP contribution in [0.15, 0.2) is 18.3 Å². The average Bonchev–Trinajstić information content (AvgIpc) is 2.66. The lowest BCUT2D eigenvalue weighted by Gasteiger charge is -2.26. The zero-order chi connectivity index (χ0) is 14.8. The van der Waals surface area contributed by atoms with Crippen molar-refractivity contribution in [2.45, 2.75) is 25.2 Å². The van der Waals surface area contributed by atoms with Gasteiger partial charge >= 0.3 is 0 Å². The second-order valence-corrected chi connectivity index (χ2v) is 5.60. The summed E-state index contributed by atoms with van der Waals surface area (Å²) in [6.07, 6.45) is 0.661. The van der Waals surface area contributed by atoms with Crippen molar-refractivity contribution < 1.29 is 15.0 Å². The minimum Gasteiger partial charge on any atom is -0.389 e. The van der Waals surface area contributed by atoms with Gasteiger partial charge in [-0.3, -0.25) is 14.7 Å². The summed E-state index contributed by atoms with van der Waals surface area (Å²) < 4.78 is 0. The van der Waals surface area contributed by atoms with Crippen LogP contribution in [-0.2, 0) is 11.3 Å². The van der Waals surface area contributed by atoms with Crippen molar-refractivity contribution in [2.75, 3.05) is 19.6 Å². The molecule has 2 atom stereocenters. The Labute approximate surface area is 122 Å². The van der Waals surface area contributed by atoms with Crippen LogP contribution in [0.5, 0.6) is 0 Å². The van der Waals surface area contributed by atoms with E-state index in [-0.39, 0.29) is 19.0 Å². The number of carbonyl (C=O) groups is 1. The minimum absolute atomic E-state index is 0.0358. The number of hydrogen-bond donors (Lipinski definition) is 3. The van der Waals surface area contributed by atoms with Crippen molar-refractivity contribution in [3.63, 3.8) is 0 Å². The summed E-state index contributed by atoms with van der Waals surface area (Å²) >= 11 is 5.77. The van der Waals surface area contributed by atoms with Crippen molar-refractivity contribution in [1.29, 1.82) is 0 Å². The highest BCUT2D eigenvalue weighted by molar-refractivity contribution is 6.30. The van der Waals surface area contributed by atoms with Crippen LogP contribution in [0.2, 0.25) is 5.02 Å². The normalized spacial score (nSPS) is 26.7. The van der Waals surface area contributed by atoms with E-state index in [0.29, 0.717) is 18.1 Å². The van der Waals surface area contributed by atoms with E-state index in [4.69, 9.17) is 11.6 Å². The number of amides is 1. The number of halogens is 1. The van der Waals surface area contributed by atoms with E-state index in [1.165, 1.54) is 6.92 Å². The molecule has 1 aromatic heterocycles. The largest absolute Gasteiger partial charge is 0.389 e. The topological polar surface area (TPSA) is 85.7 Å². The van der Waals surface area contributed by atoms with Crippen molar-refractivity contribution in [3.8, 4) is 0 Å². The van der Waals surface area contributed by atoms with Crippen LogP contribution in [0, 0.1) is 0 Å². The summed E-state index contributed by atoms with van der Waals surface area (Å²) in [5.74, 6) is -0.233. The quantitative estimate of drug-likeness (QED) is 0.716. The van der Waals surface area contributed by atoms with E-state index < -0.39 is 11.7 Å². The molecule has 1 saturated heterocycles. The van der Waals surface area contributed by atoms with Crippen LogP contribution in [0.25, 0.3) is 0 Å². The van der Waals surface area contributed by atoms with Crippen molar-refractivity contribution in [2.24, 2.45) is 0 Å². The molecular formula is C13H18ClN3O3. The monoisotopic (exact) mass is 299 g/mol.